The Morgan fingerprint density at radius 1 is 1.26 bits per heavy atom. The van der Waals surface area contributed by atoms with E-state index in [1.54, 1.807) is 0 Å². The summed E-state index contributed by atoms with van der Waals surface area (Å²) in [6, 6.07) is 1.34. The molecule has 0 aromatic carbocycles. The molecule has 0 spiro atoms. The predicted molar refractivity (Wildman–Crippen MR) is 80.5 cm³/mol. The molecule has 1 saturated heterocycles. The highest BCUT2D eigenvalue weighted by molar-refractivity contribution is 4.86. The van der Waals surface area contributed by atoms with Crippen molar-refractivity contribution >= 4 is 0 Å². The molecular formula is C16H32N2O. The van der Waals surface area contributed by atoms with Gasteiger partial charge in [-0.2, -0.15) is 0 Å². The topological polar surface area (TPSA) is 24.5 Å². The smallest absolute Gasteiger partial charge is 0.0622 e. The van der Waals surface area contributed by atoms with E-state index in [9.17, 15) is 0 Å². The Bertz CT molecular complexity index is 241. The zero-order valence-corrected chi connectivity index (χ0v) is 12.9. The van der Waals surface area contributed by atoms with Gasteiger partial charge in [-0.15, -0.1) is 0 Å². The number of nitrogens with one attached hydrogen (secondary N) is 1. The van der Waals surface area contributed by atoms with Crippen molar-refractivity contribution in [3.05, 3.63) is 0 Å². The Labute approximate surface area is 119 Å². The molecule has 0 aromatic rings. The largest absolute Gasteiger partial charge is 0.378 e. The van der Waals surface area contributed by atoms with Crippen LogP contribution in [0.4, 0.5) is 0 Å². The third kappa shape index (κ3) is 4.44. The van der Waals surface area contributed by atoms with Crippen molar-refractivity contribution in [3.8, 4) is 0 Å². The molecule has 3 heteroatoms. The van der Waals surface area contributed by atoms with Gasteiger partial charge in [0.25, 0.3) is 0 Å². The summed E-state index contributed by atoms with van der Waals surface area (Å²) in [6.07, 6.45) is 8.20. The fraction of sp³-hybridized carbons (Fsp3) is 1.00. The maximum Gasteiger partial charge on any atom is 0.0622 e. The van der Waals surface area contributed by atoms with Gasteiger partial charge in [0.1, 0.15) is 0 Å². The molecule has 0 radical (unpaired) electrons. The third-order valence-electron chi connectivity index (χ3n) is 4.88. The van der Waals surface area contributed by atoms with Gasteiger partial charge in [0.15, 0.2) is 0 Å². The molecule has 2 fully saturated rings. The molecule has 19 heavy (non-hydrogen) atoms. The van der Waals surface area contributed by atoms with Gasteiger partial charge in [0, 0.05) is 25.2 Å². The second-order valence-electron chi connectivity index (χ2n) is 6.24. The molecule has 2 rings (SSSR count). The van der Waals surface area contributed by atoms with E-state index in [1.165, 1.54) is 51.6 Å². The van der Waals surface area contributed by atoms with E-state index in [4.69, 9.17) is 4.74 Å². The first kappa shape index (κ1) is 15.3. The summed E-state index contributed by atoms with van der Waals surface area (Å²) >= 11 is 0. The van der Waals surface area contributed by atoms with Crippen molar-refractivity contribution in [3.63, 3.8) is 0 Å². The molecular weight excluding hydrogens is 236 g/mol. The lowest BCUT2D eigenvalue weighted by atomic mass is 9.96. The third-order valence-corrected chi connectivity index (χ3v) is 4.88. The number of ether oxygens (including phenoxy) is 1. The van der Waals surface area contributed by atoms with Gasteiger partial charge in [0.05, 0.1) is 13.2 Å². The summed E-state index contributed by atoms with van der Waals surface area (Å²) in [5.74, 6) is 0.909. The molecule has 1 aliphatic heterocycles. The lowest BCUT2D eigenvalue weighted by Gasteiger charge is -2.39. The highest BCUT2D eigenvalue weighted by atomic mass is 16.5. The Morgan fingerprint density at radius 3 is 2.74 bits per heavy atom. The lowest BCUT2D eigenvalue weighted by Crippen LogP contribution is -2.52. The Kier molecular flexibility index (Phi) is 6.62. The zero-order chi connectivity index (χ0) is 13.5. The minimum Gasteiger partial charge on any atom is -0.378 e. The number of nitrogens with zero attached hydrogens (tertiary/aromatic N) is 1. The first-order chi connectivity index (χ1) is 9.35. The summed E-state index contributed by atoms with van der Waals surface area (Å²) in [7, 11) is 0. The second kappa shape index (κ2) is 8.23. The molecule has 1 saturated carbocycles. The molecule has 2 atom stereocenters. The van der Waals surface area contributed by atoms with Crippen molar-refractivity contribution in [1.29, 1.82) is 0 Å². The average molecular weight is 268 g/mol. The van der Waals surface area contributed by atoms with Crippen LogP contribution in [0.2, 0.25) is 0 Å². The van der Waals surface area contributed by atoms with Crippen molar-refractivity contribution in [2.45, 2.75) is 64.5 Å². The average Bonchev–Trinajstić information content (AvgIpc) is 2.98. The highest BCUT2D eigenvalue weighted by Crippen LogP contribution is 2.28. The van der Waals surface area contributed by atoms with Gasteiger partial charge in [-0.25, -0.2) is 0 Å². The molecule has 1 N–H and O–H groups in total. The summed E-state index contributed by atoms with van der Waals surface area (Å²) in [4.78, 5) is 2.68. The van der Waals surface area contributed by atoms with Crippen LogP contribution in [0.15, 0.2) is 0 Å². The van der Waals surface area contributed by atoms with Crippen LogP contribution in [-0.4, -0.2) is 49.8 Å². The minimum atomic E-state index is 0.640. The Hall–Kier alpha value is -0.120. The van der Waals surface area contributed by atoms with Crippen molar-refractivity contribution in [2.24, 2.45) is 5.92 Å². The van der Waals surface area contributed by atoms with Gasteiger partial charge in [0.2, 0.25) is 0 Å². The van der Waals surface area contributed by atoms with Crippen molar-refractivity contribution < 1.29 is 4.74 Å². The van der Waals surface area contributed by atoms with Crippen LogP contribution in [0, 0.1) is 5.92 Å². The van der Waals surface area contributed by atoms with Crippen molar-refractivity contribution in [2.75, 3.05) is 32.8 Å². The van der Waals surface area contributed by atoms with Crippen LogP contribution in [0.1, 0.15) is 52.4 Å². The van der Waals surface area contributed by atoms with E-state index >= 15 is 0 Å². The SMILES string of the molecule is CCCNC(CN1CCOCC1CC)C1CCCC1. The van der Waals surface area contributed by atoms with Crippen LogP contribution in [0.3, 0.4) is 0 Å². The van der Waals surface area contributed by atoms with Crippen LogP contribution in [-0.2, 0) is 4.74 Å². The summed E-state index contributed by atoms with van der Waals surface area (Å²) in [5.41, 5.74) is 0. The predicted octanol–water partition coefficient (Wildman–Crippen LogP) is 2.66. The van der Waals surface area contributed by atoms with Crippen LogP contribution < -0.4 is 5.32 Å². The number of hydrogen-bond donors (Lipinski definition) is 1. The Balaban J connectivity index is 1.89. The normalized spacial score (nSPS) is 27.8. The summed E-state index contributed by atoms with van der Waals surface area (Å²) < 4.78 is 5.63. The van der Waals surface area contributed by atoms with Crippen LogP contribution in [0.5, 0.6) is 0 Å². The number of morpholine rings is 1. The molecule has 0 aromatic heterocycles. The quantitative estimate of drug-likeness (QED) is 0.768. The fourth-order valence-corrected chi connectivity index (χ4v) is 3.63. The van der Waals surface area contributed by atoms with Gasteiger partial charge in [-0.05, 0) is 38.1 Å². The molecule has 0 bridgehead atoms. The zero-order valence-electron chi connectivity index (χ0n) is 12.9. The number of hydrogen-bond acceptors (Lipinski definition) is 3. The molecule has 2 aliphatic rings. The second-order valence-corrected chi connectivity index (χ2v) is 6.24. The monoisotopic (exact) mass is 268 g/mol. The minimum absolute atomic E-state index is 0.640. The van der Waals surface area contributed by atoms with Crippen LogP contribution >= 0.6 is 0 Å². The van der Waals surface area contributed by atoms with Gasteiger partial charge >= 0.3 is 0 Å². The van der Waals surface area contributed by atoms with Gasteiger partial charge in [-0.3, -0.25) is 4.90 Å². The maximum absolute atomic E-state index is 5.63. The number of rotatable bonds is 7. The summed E-state index contributed by atoms with van der Waals surface area (Å²) in [5, 5.41) is 3.82. The molecule has 2 unspecified atom stereocenters. The first-order valence-corrected chi connectivity index (χ1v) is 8.40. The lowest BCUT2D eigenvalue weighted by molar-refractivity contribution is -0.0153. The fourth-order valence-electron chi connectivity index (χ4n) is 3.63. The molecule has 3 nitrogen and oxygen atoms in total. The highest BCUT2D eigenvalue weighted by Gasteiger charge is 2.29. The van der Waals surface area contributed by atoms with E-state index < -0.39 is 0 Å². The first-order valence-electron chi connectivity index (χ1n) is 8.40. The van der Waals surface area contributed by atoms with E-state index in [-0.39, 0.29) is 0 Å². The maximum atomic E-state index is 5.63. The standard InChI is InChI=1S/C16H32N2O/c1-3-9-17-16(14-7-5-6-8-14)12-18-10-11-19-13-15(18)4-2/h14-17H,3-13H2,1-2H3. The Morgan fingerprint density at radius 2 is 2.05 bits per heavy atom. The van der Waals surface area contributed by atoms with E-state index in [2.05, 4.69) is 24.1 Å². The summed E-state index contributed by atoms with van der Waals surface area (Å²) in [6.45, 7) is 9.92. The molecule has 1 aliphatic carbocycles. The van der Waals surface area contributed by atoms with E-state index in [0.717, 1.165) is 25.7 Å². The molecule has 1 heterocycles. The van der Waals surface area contributed by atoms with E-state index in [0.29, 0.717) is 12.1 Å². The molecule has 112 valence electrons. The van der Waals surface area contributed by atoms with E-state index in [1.807, 2.05) is 0 Å². The van der Waals surface area contributed by atoms with Crippen molar-refractivity contribution in [1.82, 2.24) is 10.2 Å². The van der Waals surface area contributed by atoms with Gasteiger partial charge < -0.3 is 10.1 Å². The van der Waals surface area contributed by atoms with Gasteiger partial charge in [-0.1, -0.05) is 26.7 Å². The van der Waals surface area contributed by atoms with Crippen LogP contribution in [0.25, 0.3) is 0 Å². The molecule has 0 amide bonds.